The van der Waals surface area contributed by atoms with Crippen molar-refractivity contribution in [3.8, 4) is 0 Å². The molecule has 3 rings (SSSR count). The molecule has 0 bridgehead atoms. The lowest BCUT2D eigenvalue weighted by atomic mass is 9.50. The number of thioether (sulfide) groups is 1. The maximum absolute atomic E-state index is 6.10. The molecule has 1 aromatic carbocycles. The van der Waals surface area contributed by atoms with Gasteiger partial charge < -0.3 is 10.5 Å². The van der Waals surface area contributed by atoms with E-state index in [2.05, 4.69) is 30.5 Å². The zero-order chi connectivity index (χ0) is 12.6. The summed E-state index contributed by atoms with van der Waals surface area (Å²) in [6, 6.07) is 9.01. The lowest BCUT2D eigenvalue weighted by Gasteiger charge is -2.60. The van der Waals surface area contributed by atoms with Gasteiger partial charge in [0.15, 0.2) is 0 Å². The molecular formula is C15H21NOS. The van der Waals surface area contributed by atoms with Crippen molar-refractivity contribution in [3.63, 3.8) is 0 Å². The van der Waals surface area contributed by atoms with Gasteiger partial charge in [-0.15, -0.1) is 11.8 Å². The molecule has 1 aliphatic heterocycles. The molecule has 0 radical (unpaired) electrons. The number of nitrogens with two attached hydrogens (primary N) is 1. The Bertz CT molecular complexity index is 415. The number of benzene rings is 1. The minimum absolute atomic E-state index is 0.191. The van der Waals surface area contributed by atoms with Crippen LogP contribution in [0.3, 0.4) is 0 Å². The van der Waals surface area contributed by atoms with E-state index in [1.165, 1.54) is 29.7 Å². The average molecular weight is 263 g/mol. The van der Waals surface area contributed by atoms with Crippen LogP contribution in [0, 0.1) is 5.41 Å². The van der Waals surface area contributed by atoms with Gasteiger partial charge in [0.1, 0.15) is 0 Å². The van der Waals surface area contributed by atoms with E-state index in [0.29, 0.717) is 5.41 Å². The highest BCUT2D eigenvalue weighted by molar-refractivity contribution is 7.98. The summed E-state index contributed by atoms with van der Waals surface area (Å²) in [6.45, 7) is 2.49. The van der Waals surface area contributed by atoms with Crippen LogP contribution >= 0.6 is 11.8 Å². The molecule has 1 aliphatic carbocycles. The standard InChI is InChI=1S/C15H21NOS/c1-18-13-5-3-12(4-6-13)15(10-17-11-15)14(9-16)7-2-8-14/h3-6H,2,7-11,16H2,1H3. The molecular weight excluding hydrogens is 242 g/mol. The summed E-state index contributed by atoms with van der Waals surface area (Å²) in [7, 11) is 0. The van der Waals surface area contributed by atoms with E-state index in [9.17, 15) is 0 Å². The number of hydrogen-bond donors (Lipinski definition) is 1. The first-order valence-corrected chi connectivity index (χ1v) is 7.91. The predicted octanol–water partition coefficient (Wildman–Crippen LogP) is 2.81. The molecule has 2 nitrogen and oxygen atoms in total. The Morgan fingerprint density at radius 2 is 1.89 bits per heavy atom. The summed E-state index contributed by atoms with van der Waals surface area (Å²) in [6.07, 6.45) is 5.96. The van der Waals surface area contributed by atoms with E-state index in [1.54, 1.807) is 11.8 Å². The quantitative estimate of drug-likeness (QED) is 0.848. The minimum atomic E-state index is 0.191. The Morgan fingerprint density at radius 1 is 1.22 bits per heavy atom. The van der Waals surface area contributed by atoms with Gasteiger partial charge in [0.2, 0.25) is 0 Å². The molecule has 1 saturated carbocycles. The van der Waals surface area contributed by atoms with Crippen LogP contribution < -0.4 is 5.73 Å². The van der Waals surface area contributed by atoms with Gasteiger partial charge in [0, 0.05) is 10.3 Å². The topological polar surface area (TPSA) is 35.2 Å². The van der Waals surface area contributed by atoms with Crippen molar-refractivity contribution in [2.75, 3.05) is 26.0 Å². The van der Waals surface area contributed by atoms with E-state index in [4.69, 9.17) is 10.5 Å². The molecule has 2 fully saturated rings. The van der Waals surface area contributed by atoms with E-state index in [1.807, 2.05) is 0 Å². The molecule has 2 aliphatic rings. The Hall–Kier alpha value is -0.510. The van der Waals surface area contributed by atoms with Crippen molar-refractivity contribution >= 4 is 11.8 Å². The molecule has 18 heavy (non-hydrogen) atoms. The number of hydrogen-bond acceptors (Lipinski definition) is 3. The van der Waals surface area contributed by atoms with E-state index in [0.717, 1.165) is 19.8 Å². The molecule has 0 unspecified atom stereocenters. The highest BCUT2D eigenvalue weighted by atomic mass is 32.2. The highest BCUT2D eigenvalue weighted by Crippen LogP contribution is 2.57. The molecule has 0 aromatic heterocycles. The van der Waals surface area contributed by atoms with Crippen molar-refractivity contribution < 1.29 is 4.74 Å². The van der Waals surface area contributed by atoms with Crippen LogP contribution in [-0.4, -0.2) is 26.0 Å². The summed E-state index contributed by atoms with van der Waals surface area (Å²) in [5.74, 6) is 0. The third-order valence-corrected chi connectivity index (χ3v) is 5.80. The maximum Gasteiger partial charge on any atom is 0.0591 e. The van der Waals surface area contributed by atoms with Crippen LogP contribution in [0.4, 0.5) is 0 Å². The fourth-order valence-corrected chi connectivity index (χ4v) is 3.89. The van der Waals surface area contributed by atoms with Crippen molar-refractivity contribution in [2.45, 2.75) is 29.6 Å². The molecule has 1 saturated heterocycles. The van der Waals surface area contributed by atoms with Crippen LogP contribution in [-0.2, 0) is 10.2 Å². The first kappa shape index (κ1) is 12.5. The summed E-state index contributed by atoms with van der Waals surface area (Å²) in [4.78, 5) is 1.32. The second kappa shape index (κ2) is 4.55. The van der Waals surface area contributed by atoms with Crippen molar-refractivity contribution in [1.29, 1.82) is 0 Å². The minimum Gasteiger partial charge on any atom is -0.379 e. The second-order valence-electron chi connectivity index (χ2n) is 5.64. The number of rotatable bonds is 4. The molecule has 1 heterocycles. The fourth-order valence-electron chi connectivity index (χ4n) is 3.48. The zero-order valence-corrected chi connectivity index (χ0v) is 11.8. The van der Waals surface area contributed by atoms with Gasteiger partial charge in [0.05, 0.1) is 13.2 Å². The molecule has 0 amide bonds. The first-order valence-electron chi connectivity index (χ1n) is 6.69. The molecule has 2 N–H and O–H groups in total. The van der Waals surface area contributed by atoms with Gasteiger partial charge in [-0.25, -0.2) is 0 Å². The molecule has 0 atom stereocenters. The summed E-state index contributed by atoms with van der Waals surface area (Å²) < 4.78 is 5.57. The van der Waals surface area contributed by atoms with Crippen LogP contribution in [0.1, 0.15) is 24.8 Å². The van der Waals surface area contributed by atoms with Crippen LogP contribution in [0.2, 0.25) is 0 Å². The monoisotopic (exact) mass is 263 g/mol. The van der Waals surface area contributed by atoms with Crippen LogP contribution in [0.15, 0.2) is 29.2 Å². The van der Waals surface area contributed by atoms with Gasteiger partial charge in [-0.2, -0.15) is 0 Å². The van der Waals surface area contributed by atoms with Crippen molar-refractivity contribution in [2.24, 2.45) is 11.1 Å². The third kappa shape index (κ3) is 1.57. The smallest absolute Gasteiger partial charge is 0.0591 e. The van der Waals surface area contributed by atoms with E-state index >= 15 is 0 Å². The summed E-state index contributed by atoms with van der Waals surface area (Å²) in [5, 5.41) is 0. The van der Waals surface area contributed by atoms with Crippen LogP contribution in [0.5, 0.6) is 0 Å². The second-order valence-corrected chi connectivity index (χ2v) is 6.52. The Balaban J connectivity index is 1.95. The largest absolute Gasteiger partial charge is 0.379 e. The van der Waals surface area contributed by atoms with E-state index < -0.39 is 0 Å². The molecule has 1 aromatic rings. The SMILES string of the molecule is CSc1ccc(C2(C3(CN)CCC3)COC2)cc1. The van der Waals surface area contributed by atoms with Gasteiger partial charge >= 0.3 is 0 Å². The fraction of sp³-hybridized carbons (Fsp3) is 0.600. The van der Waals surface area contributed by atoms with Crippen LogP contribution in [0.25, 0.3) is 0 Å². The third-order valence-electron chi connectivity index (χ3n) is 5.06. The highest BCUT2D eigenvalue weighted by Gasteiger charge is 2.58. The Labute approximate surface area is 113 Å². The summed E-state index contributed by atoms with van der Waals surface area (Å²) >= 11 is 1.79. The average Bonchev–Trinajstić information content (AvgIpc) is 2.31. The lowest BCUT2D eigenvalue weighted by molar-refractivity contribution is -0.154. The van der Waals surface area contributed by atoms with Gasteiger partial charge in [-0.05, 0) is 48.8 Å². The molecule has 0 spiro atoms. The lowest BCUT2D eigenvalue weighted by Crippen LogP contribution is -2.64. The van der Waals surface area contributed by atoms with Crippen molar-refractivity contribution in [3.05, 3.63) is 29.8 Å². The van der Waals surface area contributed by atoms with Gasteiger partial charge in [-0.1, -0.05) is 18.6 Å². The predicted molar refractivity (Wildman–Crippen MR) is 76.1 cm³/mol. The van der Waals surface area contributed by atoms with E-state index in [-0.39, 0.29) is 5.41 Å². The van der Waals surface area contributed by atoms with Crippen molar-refractivity contribution in [1.82, 2.24) is 0 Å². The summed E-state index contributed by atoms with van der Waals surface area (Å²) in [5.41, 5.74) is 8.01. The Morgan fingerprint density at radius 3 is 2.22 bits per heavy atom. The van der Waals surface area contributed by atoms with Gasteiger partial charge in [0.25, 0.3) is 0 Å². The normalized spacial score (nSPS) is 24.1. The zero-order valence-electron chi connectivity index (χ0n) is 10.9. The number of ether oxygens (including phenoxy) is 1. The first-order chi connectivity index (χ1) is 8.76. The molecule has 3 heteroatoms. The maximum atomic E-state index is 6.10. The Kier molecular flexibility index (Phi) is 3.16. The van der Waals surface area contributed by atoms with Gasteiger partial charge in [-0.3, -0.25) is 0 Å². The molecule has 98 valence electrons.